The maximum absolute atomic E-state index is 12.8. The lowest BCUT2D eigenvalue weighted by Crippen LogP contribution is -2.54. The topological polar surface area (TPSA) is 87.5 Å². The molecule has 2 aliphatic rings. The minimum atomic E-state index is -0.216. The van der Waals surface area contributed by atoms with Gasteiger partial charge in [0.05, 0.1) is 0 Å². The van der Waals surface area contributed by atoms with Crippen molar-refractivity contribution in [2.24, 2.45) is 11.1 Å². The van der Waals surface area contributed by atoms with Crippen molar-refractivity contribution in [1.29, 1.82) is 0 Å². The van der Waals surface area contributed by atoms with E-state index < -0.39 is 0 Å². The summed E-state index contributed by atoms with van der Waals surface area (Å²) in [6.45, 7) is 5.50. The summed E-state index contributed by atoms with van der Waals surface area (Å²) >= 11 is 0. The summed E-state index contributed by atoms with van der Waals surface area (Å²) < 4.78 is 0. The molecular formula is C18H26N4O2. The van der Waals surface area contributed by atoms with Gasteiger partial charge in [-0.1, -0.05) is 19.9 Å². The molecule has 6 nitrogen and oxygen atoms in total. The van der Waals surface area contributed by atoms with E-state index in [2.05, 4.69) is 24.5 Å². The summed E-state index contributed by atoms with van der Waals surface area (Å²) in [6, 6.07) is 7.30. The third-order valence-corrected chi connectivity index (χ3v) is 4.88. The summed E-state index contributed by atoms with van der Waals surface area (Å²) in [4.78, 5) is 26.5. The molecule has 6 heteroatoms. The molecule has 24 heavy (non-hydrogen) atoms. The van der Waals surface area contributed by atoms with Crippen molar-refractivity contribution in [2.75, 3.05) is 18.4 Å². The van der Waals surface area contributed by atoms with Gasteiger partial charge in [0, 0.05) is 36.4 Å². The Morgan fingerprint density at radius 2 is 2.00 bits per heavy atom. The summed E-state index contributed by atoms with van der Waals surface area (Å²) in [5.74, 6) is -0.0128. The van der Waals surface area contributed by atoms with Crippen LogP contribution in [0.15, 0.2) is 24.3 Å². The van der Waals surface area contributed by atoms with E-state index in [1.54, 1.807) is 24.3 Å². The largest absolute Gasteiger partial charge is 0.338 e. The quantitative estimate of drug-likeness (QED) is 0.794. The lowest BCUT2D eigenvalue weighted by atomic mass is 9.79. The number of rotatable bonds is 3. The normalized spacial score (nSPS) is 22.8. The number of anilines is 1. The molecule has 2 fully saturated rings. The lowest BCUT2D eigenvalue weighted by molar-refractivity contribution is 0.0533. The number of benzene rings is 1. The molecule has 1 aliphatic carbocycles. The van der Waals surface area contributed by atoms with Crippen LogP contribution in [0, 0.1) is 5.41 Å². The molecule has 0 aromatic heterocycles. The Hall–Kier alpha value is -2.08. The highest BCUT2D eigenvalue weighted by atomic mass is 16.2. The fourth-order valence-electron chi connectivity index (χ4n) is 3.04. The van der Waals surface area contributed by atoms with Gasteiger partial charge in [0.25, 0.3) is 5.91 Å². The molecular weight excluding hydrogens is 304 g/mol. The minimum Gasteiger partial charge on any atom is -0.338 e. The van der Waals surface area contributed by atoms with Crippen LogP contribution >= 0.6 is 0 Å². The van der Waals surface area contributed by atoms with Crippen molar-refractivity contribution in [3.8, 4) is 0 Å². The zero-order valence-corrected chi connectivity index (χ0v) is 14.3. The molecule has 1 aromatic carbocycles. The van der Waals surface area contributed by atoms with Crippen molar-refractivity contribution in [3.63, 3.8) is 0 Å². The predicted octanol–water partition coefficient (Wildman–Crippen LogP) is 2.17. The van der Waals surface area contributed by atoms with Gasteiger partial charge in [-0.2, -0.15) is 0 Å². The molecule has 1 atom stereocenters. The molecule has 0 spiro atoms. The van der Waals surface area contributed by atoms with E-state index in [1.165, 1.54) is 0 Å². The molecule has 3 rings (SSSR count). The SMILES string of the molecule is CC1(C)CN(C(=O)c2cccc(NC(=O)NC3CC3)c2)CCC1N. The van der Waals surface area contributed by atoms with Crippen molar-refractivity contribution in [3.05, 3.63) is 29.8 Å². The zero-order valence-electron chi connectivity index (χ0n) is 14.3. The van der Waals surface area contributed by atoms with Crippen LogP contribution < -0.4 is 16.4 Å². The van der Waals surface area contributed by atoms with E-state index in [0.29, 0.717) is 30.4 Å². The standard InChI is InChI=1S/C18H26N4O2/c1-18(2)11-22(9-8-15(18)19)16(23)12-4-3-5-14(10-12)21-17(24)20-13-6-7-13/h3-5,10,13,15H,6-9,11,19H2,1-2H3,(H2,20,21,24). The Bertz CT molecular complexity index is 640. The number of hydrogen-bond donors (Lipinski definition) is 3. The van der Waals surface area contributed by atoms with Gasteiger partial charge in [-0.15, -0.1) is 0 Å². The Balaban J connectivity index is 1.66. The van der Waals surface area contributed by atoms with Crippen LogP contribution in [0.25, 0.3) is 0 Å². The van der Waals surface area contributed by atoms with Crippen LogP contribution in [0.3, 0.4) is 0 Å². The second-order valence-corrected chi connectivity index (χ2v) is 7.56. The highest BCUT2D eigenvalue weighted by Crippen LogP contribution is 2.28. The number of carbonyl (C=O) groups excluding carboxylic acids is 2. The van der Waals surface area contributed by atoms with Gasteiger partial charge in [-0.05, 0) is 42.9 Å². The maximum Gasteiger partial charge on any atom is 0.319 e. The van der Waals surface area contributed by atoms with E-state index in [4.69, 9.17) is 5.73 Å². The Morgan fingerprint density at radius 3 is 2.67 bits per heavy atom. The first kappa shape index (κ1) is 16.8. The van der Waals surface area contributed by atoms with Crippen LogP contribution in [0.2, 0.25) is 0 Å². The fraction of sp³-hybridized carbons (Fsp3) is 0.556. The number of carbonyl (C=O) groups is 2. The van der Waals surface area contributed by atoms with Crippen molar-refractivity contribution >= 4 is 17.6 Å². The van der Waals surface area contributed by atoms with Crippen LogP contribution in [0.4, 0.5) is 10.5 Å². The molecule has 1 saturated carbocycles. The van der Waals surface area contributed by atoms with E-state index in [-0.39, 0.29) is 23.4 Å². The number of likely N-dealkylation sites (tertiary alicyclic amines) is 1. The van der Waals surface area contributed by atoms with Crippen LogP contribution in [-0.2, 0) is 0 Å². The first-order chi connectivity index (χ1) is 11.3. The van der Waals surface area contributed by atoms with E-state index in [1.807, 2.05) is 4.90 Å². The molecule has 130 valence electrons. The molecule has 1 heterocycles. The molecule has 3 amide bonds. The molecule has 0 bridgehead atoms. The average Bonchev–Trinajstić information content (AvgIpc) is 3.33. The molecule has 1 aromatic rings. The highest BCUT2D eigenvalue weighted by Gasteiger charge is 2.35. The predicted molar refractivity (Wildman–Crippen MR) is 93.9 cm³/mol. The molecule has 4 N–H and O–H groups in total. The van der Waals surface area contributed by atoms with Gasteiger partial charge in [-0.3, -0.25) is 4.79 Å². The monoisotopic (exact) mass is 330 g/mol. The number of hydrogen-bond acceptors (Lipinski definition) is 3. The van der Waals surface area contributed by atoms with Gasteiger partial charge >= 0.3 is 6.03 Å². The number of nitrogens with one attached hydrogen (secondary N) is 2. The van der Waals surface area contributed by atoms with Crippen LogP contribution in [-0.4, -0.2) is 42.0 Å². The molecule has 1 unspecified atom stereocenters. The maximum atomic E-state index is 12.8. The van der Waals surface area contributed by atoms with Gasteiger partial charge in [0.1, 0.15) is 0 Å². The van der Waals surface area contributed by atoms with Crippen LogP contribution in [0.5, 0.6) is 0 Å². The van der Waals surface area contributed by atoms with Crippen molar-refractivity contribution < 1.29 is 9.59 Å². The van der Waals surface area contributed by atoms with E-state index in [0.717, 1.165) is 19.3 Å². The number of nitrogens with zero attached hydrogens (tertiary/aromatic N) is 1. The second kappa shape index (κ2) is 6.43. The number of piperidine rings is 1. The zero-order chi connectivity index (χ0) is 17.3. The summed E-state index contributed by atoms with van der Waals surface area (Å²) in [7, 11) is 0. The third kappa shape index (κ3) is 3.87. The third-order valence-electron chi connectivity index (χ3n) is 4.88. The number of urea groups is 1. The van der Waals surface area contributed by atoms with Crippen molar-refractivity contribution in [1.82, 2.24) is 10.2 Å². The first-order valence-corrected chi connectivity index (χ1v) is 8.57. The van der Waals surface area contributed by atoms with Crippen LogP contribution in [0.1, 0.15) is 43.5 Å². The molecule has 1 aliphatic heterocycles. The first-order valence-electron chi connectivity index (χ1n) is 8.57. The smallest absolute Gasteiger partial charge is 0.319 e. The van der Waals surface area contributed by atoms with Gasteiger partial charge < -0.3 is 21.3 Å². The van der Waals surface area contributed by atoms with Gasteiger partial charge in [0.2, 0.25) is 0 Å². The molecule has 0 radical (unpaired) electrons. The van der Waals surface area contributed by atoms with Gasteiger partial charge in [0.15, 0.2) is 0 Å². The Labute approximate surface area is 142 Å². The second-order valence-electron chi connectivity index (χ2n) is 7.56. The van der Waals surface area contributed by atoms with E-state index in [9.17, 15) is 9.59 Å². The van der Waals surface area contributed by atoms with Crippen molar-refractivity contribution in [2.45, 2.75) is 45.2 Å². The number of nitrogens with two attached hydrogens (primary N) is 1. The van der Waals surface area contributed by atoms with E-state index >= 15 is 0 Å². The Morgan fingerprint density at radius 1 is 1.25 bits per heavy atom. The summed E-state index contributed by atoms with van der Waals surface area (Å²) in [6.07, 6.45) is 2.89. The Kier molecular flexibility index (Phi) is 4.49. The summed E-state index contributed by atoms with van der Waals surface area (Å²) in [5.41, 5.74) is 7.28. The minimum absolute atomic E-state index is 0.0128. The number of amides is 3. The lowest BCUT2D eigenvalue weighted by Gasteiger charge is -2.42. The van der Waals surface area contributed by atoms with Gasteiger partial charge in [-0.25, -0.2) is 4.79 Å². The average molecular weight is 330 g/mol. The fourth-order valence-corrected chi connectivity index (χ4v) is 3.04. The molecule has 1 saturated heterocycles. The highest BCUT2D eigenvalue weighted by molar-refractivity contribution is 5.97. The summed E-state index contributed by atoms with van der Waals surface area (Å²) in [5, 5.41) is 5.66.